The minimum atomic E-state index is -0.757. The topological polar surface area (TPSA) is 81.2 Å². The molecule has 3 amide bonds. The van der Waals surface area contributed by atoms with E-state index in [1.165, 1.54) is 0 Å². The molecule has 2 aromatic rings. The molecule has 6 atom stereocenters. The molecule has 3 heterocycles. The lowest BCUT2D eigenvalue weighted by Crippen LogP contribution is -2.58. The summed E-state index contributed by atoms with van der Waals surface area (Å²) in [6.07, 6.45) is 7.13. The van der Waals surface area contributed by atoms with Crippen molar-refractivity contribution in [3.63, 3.8) is 0 Å². The summed E-state index contributed by atoms with van der Waals surface area (Å²) in [5, 5.41) is 10.7. The lowest BCUT2D eigenvalue weighted by Gasteiger charge is -2.39. The number of hydrogen-bond donors (Lipinski definition) is 1. The summed E-state index contributed by atoms with van der Waals surface area (Å²) in [5.41, 5.74) is 2.00. The molecular formula is C36H45N3O4S. The van der Waals surface area contributed by atoms with Crippen LogP contribution in [0.15, 0.2) is 86.0 Å². The molecular weight excluding hydrogens is 570 g/mol. The summed E-state index contributed by atoms with van der Waals surface area (Å²) in [7, 11) is 0. The zero-order valence-corrected chi connectivity index (χ0v) is 26.5. The summed E-state index contributed by atoms with van der Waals surface area (Å²) in [4.78, 5) is 49.1. The third-order valence-corrected chi connectivity index (χ3v) is 11.4. The van der Waals surface area contributed by atoms with Crippen LogP contribution in [0, 0.1) is 11.8 Å². The Labute approximate surface area is 266 Å². The van der Waals surface area contributed by atoms with Gasteiger partial charge in [-0.15, -0.1) is 24.9 Å². The van der Waals surface area contributed by atoms with E-state index in [1.54, 1.807) is 33.7 Å². The van der Waals surface area contributed by atoms with Gasteiger partial charge in [-0.25, -0.2) is 0 Å². The van der Waals surface area contributed by atoms with Gasteiger partial charge < -0.3 is 19.8 Å². The van der Waals surface area contributed by atoms with Gasteiger partial charge in [0.15, 0.2) is 0 Å². The first-order chi connectivity index (χ1) is 21.4. The van der Waals surface area contributed by atoms with E-state index < -0.39 is 28.7 Å². The van der Waals surface area contributed by atoms with Gasteiger partial charge >= 0.3 is 0 Å². The molecule has 2 unspecified atom stereocenters. The van der Waals surface area contributed by atoms with E-state index in [1.807, 2.05) is 65.6 Å². The normalized spacial score (nSPS) is 25.9. The van der Waals surface area contributed by atoms with Crippen molar-refractivity contribution in [1.29, 1.82) is 0 Å². The van der Waals surface area contributed by atoms with Gasteiger partial charge in [-0.1, -0.05) is 86.2 Å². The second-order valence-corrected chi connectivity index (χ2v) is 13.8. The van der Waals surface area contributed by atoms with E-state index in [0.717, 1.165) is 30.4 Å². The molecule has 1 spiro atoms. The van der Waals surface area contributed by atoms with E-state index in [-0.39, 0.29) is 29.6 Å². The maximum atomic E-state index is 14.7. The summed E-state index contributed by atoms with van der Waals surface area (Å²) >= 11 is 1.67. The second-order valence-electron chi connectivity index (χ2n) is 12.2. The number of aliphatic hydroxyl groups is 1. The molecule has 0 aromatic heterocycles. The van der Waals surface area contributed by atoms with Crippen LogP contribution in [0.1, 0.15) is 43.7 Å². The van der Waals surface area contributed by atoms with Crippen molar-refractivity contribution in [2.75, 3.05) is 26.2 Å². The number of amides is 3. The van der Waals surface area contributed by atoms with E-state index in [4.69, 9.17) is 0 Å². The highest BCUT2D eigenvalue weighted by Crippen LogP contribution is 2.67. The number of hydrogen-bond acceptors (Lipinski definition) is 5. The number of likely N-dealkylation sites (tertiary alicyclic amines) is 1. The van der Waals surface area contributed by atoms with Gasteiger partial charge in [-0.05, 0) is 36.8 Å². The molecule has 44 heavy (non-hydrogen) atoms. The number of carbonyl (C=O) groups excluding carboxylic acids is 3. The first kappa shape index (κ1) is 32.0. The van der Waals surface area contributed by atoms with Gasteiger partial charge in [0, 0.05) is 31.4 Å². The van der Waals surface area contributed by atoms with Gasteiger partial charge in [-0.3, -0.25) is 14.4 Å². The van der Waals surface area contributed by atoms with Gasteiger partial charge in [0.1, 0.15) is 6.04 Å². The largest absolute Gasteiger partial charge is 0.394 e. The molecule has 3 aliphatic rings. The molecule has 0 saturated carbocycles. The number of carbonyl (C=O) groups is 3. The molecule has 7 nitrogen and oxygen atoms in total. The van der Waals surface area contributed by atoms with E-state index in [9.17, 15) is 19.5 Å². The fraction of sp³-hybridized carbons (Fsp3) is 0.472. The van der Waals surface area contributed by atoms with Crippen LogP contribution in [-0.2, 0) is 27.3 Å². The van der Waals surface area contributed by atoms with Crippen molar-refractivity contribution in [3.05, 3.63) is 97.1 Å². The highest BCUT2D eigenvalue weighted by atomic mass is 32.2. The lowest BCUT2D eigenvalue weighted by atomic mass is 9.70. The minimum Gasteiger partial charge on any atom is -0.394 e. The van der Waals surface area contributed by atoms with Gasteiger partial charge in [0.25, 0.3) is 0 Å². The Morgan fingerprint density at radius 2 is 1.66 bits per heavy atom. The third kappa shape index (κ3) is 5.98. The van der Waals surface area contributed by atoms with Crippen LogP contribution in [0.4, 0.5) is 0 Å². The van der Waals surface area contributed by atoms with Crippen LogP contribution < -0.4 is 0 Å². The van der Waals surface area contributed by atoms with Crippen LogP contribution in [0.3, 0.4) is 0 Å². The predicted molar refractivity (Wildman–Crippen MR) is 176 cm³/mol. The van der Waals surface area contributed by atoms with Crippen LogP contribution in [-0.4, -0.2) is 85.8 Å². The Morgan fingerprint density at radius 1 is 1.02 bits per heavy atom. The maximum Gasteiger partial charge on any atom is 0.247 e. The number of unbranched alkanes of at least 4 members (excludes halogenated alkanes) is 1. The average Bonchev–Trinajstić information content (AvgIpc) is 3.69. The van der Waals surface area contributed by atoms with E-state index in [0.29, 0.717) is 39.0 Å². The van der Waals surface area contributed by atoms with Crippen molar-refractivity contribution in [2.45, 2.75) is 67.7 Å². The Morgan fingerprint density at radius 3 is 2.27 bits per heavy atom. The van der Waals surface area contributed by atoms with Gasteiger partial charge in [-0.2, -0.15) is 0 Å². The Hall–Kier alpha value is -3.36. The van der Waals surface area contributed by atoms with Gasteiger partial charge in [0.05, 0.1) is 29.2 Å². The molecule has 8 heteroatoms. The fourth-order valence-electron chi connectivity index (χ4n) is 7.55. The van der Waals surface area contributed by atoms with Crippen LogP contribution in [0.2, 0.25) is 0 Å². The van der Waals surface area contributed by atoms with E-state index >= 15 is 0 Å². The van der Waals surface area contributed by atoms with Crippen molar-refractivity contribution >= 4 is 29.5 Å². The molecule has 234 valence electrons. The molecule has 2 bridgehead atoms. The van der Waals surface area contributed by atoms with Crippen molar-refractivity contribution in [2.24, 2.45) is 11.8 Å². The molecule has 2 aromatic carbocycles. The molecule has 0 aliphatic carbocycles. The number of thioether (sulfide) groups is 1. The van der Waals surface area contributed by atoms with Crippen molar-refractivity contribution < 1.29 is 19.5 Å². The van der Waals surface area contributed by atoms with Crippen molar-refractivity contribution in [1.82, 2.24) is 14.7 Å². The zero-order valence-electron chi connectivity index (χ0n) is 25.7. The molecule has 1 N–H and O–H groups in total. The second kappa shape index (κ2) is 14.2. The number of nitrogens with zero attached hydrogens (tertiary/aromatic N) is 3. The predicted octanol–water partition coefficient (Wildman–Crippen LogP) is 4.71. The monoisotopic (exact) mass is 615 g/mol. The van der Waals surface area contributed by atoms with Gasteiger partial charge in [0.2, 0.25) is 17.7 Å². The standard InChI is InChI=1S/C36H45N3O4S/c1-4-7-22-37(20-5-2)35(43)32-36-19-18-29(44-36)30(33(41)38(21-6-3)24-27-16-12-9-13-17-27)31(36)34(42)39(32)28(25-40)23-26-14-10-8-11-15-26/h5-6,8-17,28-32,40H,2-4,7,18-25H2,1H3/t28-,29+,30-,31+,32?,36?/m1/s1. The number of aliphatic hydroxyl groups excluding tert-OH is 1. The quantitative estimate of drug-likeness (QED) is 0.294. The maximum absolute atomic E-state index is 14.7. The van der Waals surface area contributed by atoms with Crippen LogP contribution >= 0.6 is 11.8 Å². The smallest absolute Gasteiger partial charge is 0.247 e. The summed E-state index contributed by atoms with van der Waals surface area (Å²) in [6.45, 7) is 11.4. The number of rotatable bonds is 15. The summed E-state index contributed by atoms with van der Waals surface area (Å²) in [6, 6.07) is 18.3. The third-order valence-electron chi connectivity index (χ3n) is 9.50. The average molecular weight is 616 g/mol. The number of fused-ring (bicyclic) bond motifs is 1. The molecule has 3 aliphatic heterocycles. The molecule has 3 saturated heterocycles. The first-order valence-corrected chi connectivity index (χ1v) is 16.8. The molecule has 3 fully saturated rings. The van der Waals surface area contributed by atoms with Crippen molar-refractivity contribution in [3.8, 4) is 0 Å². The highest BCUT2D eigenvalue weighted by Gasteiger charge is 2.74. The Bertz CT molecular complexity index is 1340. The molecule has 5 rings (SSSR count). The Balaban J connectivity index is 1.54. The number of benzene rings is 2. The fourth-order valence-corrected chi connectivity index (χ4v) is 9.75. The van der Waals surface area contributed by atoms with Crippen LogP contribution in [0.25, 0.3) is 0 Å². The molecule has 0 radical (unpaired) electrons. The van der Waals surface area contributed by atoms with Crippen LogP contribution in [0.5, 0.6) is 0 Å². The van der Waals surface area contributed by atoms with E-state index in [2.05, 4.69) is 20.1 Å². The highest BCUT2D eigenvalue weighted by molar-refractivity contribution is 8.02. The zero-order chi connectivity index (χ0) is 31.3. The first-order valence-electron chi connectivity index (χ1n) is 15.9. The summed E-state index contributed by atoms with van der Waals surface area (Å²) in [5.74, 6) is -1.51. The summed E-state index contributed by atoms with van der Waals surface area (Å²) < 4.78 is -0.721. The minimum absolute atomic E-state index is 0.0396. The SMILES string of the molecule is C=CCN(CCCC)C(=O)C1N([C@@H](CO)Cc2ccccc2)C(=O)[C@@H]2[C@H](C(=O)N(CC=C)Cc3ccccc3)[C@@H]3CCC12S3. The lowest BCUT2D eigenvalue weighted by molar-refractivity contribution is -0.147. The Kier molecular flexibility index (Phi) is 10.3.